The van der Waals surface area contributed by atoms with Gasteiger partial charge >= 0.3 is 0 Å². The third kappa shape index (κ3) is 6.12. The summed E-state index contributed by atoms with van der Waals surface area (Å²) < 4.78 is 10.5. The first kappa shape index (κ1) is 21.5. The molecular weight excluding hydrogens is 396 g/mol. The molecule has 0 aliphatic carbocycles. The number of benzene rings is 3. The number of ether oxygens (including phenoxy) is 2. The number of hydrogen-bond donors (Lipinski definition) is 1. The number of carbonyl (C=O) groups excluding carboxylic acids is 1. The molecular formula is C24H24N2O3S. The van der Waals surface area contributed by atoms with Gasteiger partial charge in [-0.1, -0.05) is 42.5 Å². The van der Waals surface area contributed by atoms with Crippen molar-refractivity contribution in [1.29, 1.82) is 0 Å². The van der Waals surface area contributed by atoms with E-state index in [0.717, 1.165) is 17.1 Å². The van der Waals surface area contributed by atoms with E-state index in [1.165, 1.54) is 11.1 Å². The van der Waals surface area contributed by atoms with Gasteiger partial charge in [-0.15, -0.1) is 0 Å². The maximum Gasteiger partial charge on any atom is 0.271 e. The Morgan fingerprint density at radius 3 is 2.23 bits per heavy atom. The number of methoxy groups -OCH3 is 2. The zero-order valence-electron chi connectivity index (χ0n) is 17.0. The number of nitrogens with zero attached hydrogens (tertiary/aromatic N) is 1. The van der Waals surface area contributed by atoms with Crippen molar-refractivity contribution in [3.8, 4) is 11.5 Å². The Hall–Kier alpha value is -3.25. The van der Waals surface area contributed by atoms with E-state index in [4.69, 9.17) is 9.47 Å². The quantitative estimate of drug-likeness (QED) is 0.395. The zero-order chi connectivity index (χ0) is 21.2. The molecule has 0 aliphatic heterocycles. The van der Waals surface area contributed by atoms with Crippen LogP contribution in [-0.2, 0) is 11.5 Å². The molecule has 0 saturated heterocycles. The minimum atomic E-state index is -0.254. The summed E-state index contributed by atoms with van der Waals surface area (Å²) in [4.78, 5) is 12.3. The molecule has 1 amide bonds. The predicted octanol–water partition coefficient (Wildman–Crippen LogP) is 4.90. The molecule has 0 heterocycles. The summed E-state index contributed by atoms with van der Waals surface area (Å²) in [6.45, 7) is 0. The number of nitrogens with one attached hydrogen (secondary N) is 1. The predicted molar refractivity (Wildman–Crippen MR) is 122 cm³/mol. The van der Waals surface area contributed by atoms with Crippen molar-refractivity contribution in [1.82, 2.24) is 5.43 Å². The molecule has 0 saturated carbocycles. The van der Waals surface area contributed by atoms with Gasteiger partial charge in [-0.25, -0.2) is 5.43 Å². The summed E-state index contributed by atoms with van der Waals surface area (Å²) in [6, 6.07) is 23.4. The Balaban J connectivity index is 1.50. The highest BCUT2D eigenvalue weighted by Crippen LogP contribution is 2.26. The third-order valence-corrected chi connectivity index (χ3v) is 5.46. The molecule has 0 aromatic heterocycles. The van der Waals surface area contributed by atoms with E-state index in [9.17, 15) is 4.79 Å². The summed E-state index contributed by atoms with van der Waals surface area (Å²) in [7, 11) is 3.16. The number of amides is 1. The summed E-state index contributed by atoms with van der Waals surface area (Å²) in [5, 5.41) is 4.03. The van der Waals surface area contributed by atoms with E-state index in [2.05, 4.69) is 34.8 Å². The lowest BCUT2D eigenvalue weighted by Gasteiger charge is -2.07. The average molecular weight is 421 g/mol. The van der Waals surface area contributed by atoms with Gasteiger partial charge in [-0.2, -0.15) is 16.9 Å². The summed E-state index contributed by atoms with van der Waals surface area (Å²) in [6.07, 6.45) is 1.56. The topological polar surface area (TPSA) is 59.9 Å². The van der Waals surface area contributed by atoms with E-state index in [1.54, 1.807) is 32.6 Å². The van der Waals surface area contributed by atoms with Crippen molar-refractivity contribution in [2.75, 3.05) is 14.2 Å². The molecule has 0 spiro atoms. The zero-order valence-corrected chi connectivity index (χ0v) is 17.8. The second-order valence-corrected chi connectivity index (χ2v) is 7.47. The van der Waals surface area contributed by atoms with E-state index < -0.39 is 0 Å². The molecule has 0 atom stereocenters. The number of carbonyl (C=O) groups is 1. The van der Waals surface area contributed by atoms with Crippen LogP contribution >= 0.6 is 11.8 Å². The molecule has 154 valence electrons. The van der Waals surface area contributed by atoms with Crippen molar-refractivity contribution < 1.29 is 14.3 Å². The van der Waals surface area contributed by atoms with Crippen LogP contribution in [0.3, 0.4) is 0 Å². The Kier molecular flexibility index (Phi) is 7.92. The summed E-state index contributed by atoms with van der Waals surface area (Å²) in [5.74, 6) is 2.85. The van der Waals surface area contributed by atoms with Gasteiger partial charge in [0.25, 0.3) is 5.91 Å². The van der Waals surface area contributed by atoms with Gasteiger partial charge in [0.15, 0.2) is 11.5 Å². The summed E-state index contributed by atoms with van der Waals surface area (Å²) in [5.41, 5.74) is 6.40. The number of hydrogen-bond acceptors (Lipinski definition) is 5. The van der Waals surface area contributed by atoms with E-state index in [1.807, 2.05) is 48.2 Å². The van der Waals surface area contributed by atoms with Gasteiger partial charge in [0, 0.05) is 17.1 Å². The molecule has 0 bridgehead atoms. The van der Waals surface area contributed by atoms with Crippen LogP contribution < -0.4 is 14.9 Å². The Morgan fingerprint density at radius 1 is 0.900 bits per heavy atom. The molecule has 1 N–H and O–H groups in total. The second-order valence-electron chi connectivity index (χ2n) is 6.49. The van der Waals surface area contributed by atoms with Crippen molar-refractivity contribution in [3.63, 3.8) is 0 Å². The van der Waals surface area contributed by atoms with E-state index in [-0.39, 0.29) is 5.91 Å². The number of hydrazone groups is 1. The van der Waals surface area contributed by atoms with Crippen molar-refractivity contribution >= 4 is 23.9 Å². The molecule has 0 unspecified atom stereocenters. The van der Waals surface area contributed by atoms with E-state index in [0.29, 0.717) is 17.1 Å². The van der Waals surface area contributed by atoms with Gasteiger partial charge in [-0.05, 0) is 47.0 Å². The van der Waals surface area contributed by atoms with Crippen LogP contribution in [0.25, 0.3) is 0 Å². The van der Waals surface area contributed by atoms with Gasteiger partial charge < -0.3 is 9.47 Å². The first-order chi connectivity index (χ1) is 14.7. The Bertz CT molecular complexity index is 989. The van der Waals surface area contributed by atoms with E-state index >= 15 is 0 Å². The van der Waals surface area contributed by atoms with Crippen LogP contribution in [0.1, 0.15) is 27.0 Å². The van der Waals surface area contributed by atoms with Crippen LogP contribution in [0, 0.1) is 0 Å². The van der Waals surface area contributed by atoms with Crippen LogP contribution in [0.2, 0.25) is 0 Å². The molecule has 0 radical (unpaired) electrons. The fourth-order valence-electron chi connectivity index (χ4n) is 2.78. The number of rotatable bonds is 9. The van der Waals surface area contributed by atoms with Crippen LogP contribution in [0.4, 0.5) is 0 Å². The monoisotopic (exact) mass is 420 g/mol. The smallest absolute Gasteiger partial charge is 0.271 e. The highest BCUT2D eigenvalue weighted by Gasteiger charge is 2.05. The Morgan fingerprint density at radius 2 is 1.57 bits per heavy atom. The fourth-order valence-corrected chi connectivity index (χ4v) is 3.73. The van der Waals surface area contributed by atoms with Crippen molar-refractivity contribution in [2.24, 2.45) is 5.10 Å². The normalized spacial score (nSPS) is 10.7. The fraction of sp³-hybridized carbons (Fsp3) is 0.167. The molecule has 3 rings (SSSR count). The van der Waals surface area contributed by atoms with Crippen molar-refractivity contribution in [3.05, 3.63) is 95.1 Å². The Labute approximate surface area is 181 Å². The average Bonchev–Trinajstić information content (AvgIpc) is 2.80. The lowest BCUT2D eigenvalue weighted by Crippen LogP contribution is -2.17. The molecule has 30 heavy (non-hydrogen) atoms. The van der Waals surface area contributed by atoms with Gasteiger partial charge in [-0.3, -0.25) is 4.79 Å². The highest BCUT2D eigenvalue weighted by atomic mass is 32.2. The van der Waals surface area contributed by atoms with Gasteiger partial charge in [0.2, 0.25) is 0 Å². The third-order valence-electron chi connectivity index (χ3n) is 4.38. The highest BCUT2D eigenvalue weighted by molar-refractivity contribution is 7.97. The largest absolute Gasteiger partial charge is 0.493 e. The lowest BCUT2D eigenvalue weighted by molar-refractivity contribution is 0.0955. The molecule has 6 heteroatoms. The first-order valence-electron chi connectivity index (χ1n) is 9.45. The lowest BCUT2D eigenvalue weighted by atomic mass is 10.1. The second kappa shape index (κ2) is 11.1. The summed E-state index contributed by atoms with van der Waals surface area (Å²) >= 11 is 1.85. The van der Waals surface area contributed by atoms with Crippen LogP contribution in [0.15, 0.2) is 77.9 Å². The number of thioether (sulfide) groups is 1. The van der Waals surface area contributed by atoms with Crippen molar-refractivity contribution in [2.45, 2.75) is 11.5 Å². The molecule has 3 aromatic rings. The molecule has 5 nitrogen and oxygen atoms in total. The first-order valence-corrected chi connectivity index (χ1v) is 10.6. The molecule has 0 aliphatic rings. The SMILES string of the molecule is COc1ccc(/C=N\NC(=O)c2ccc(CSCc3ccccc3)cc2)cc1OC. The maximum absolute atomic E-state index is 12.3. The maximum atomic E-state index is 12.3. The van der Waals surface area contributed by atoms with Crippen LogP contribution in [-0.4, -0.2) is 26.3 Å². The minimum absolute atomic E-state index is 0.254. The standard InChI is InChI=1S/C24H24N2O3S/c1-28-22-13-10-20(14-23(22)29-2)15-25-26-24(27)21-11-8-19(9-12-21)17-30-16-18-6-4-3-5-7-18/h3-15H,16-17H2,1-2H3,(H,26,27)/b25-15-. The van der Waals surface area contributed by atoms with Crippen LogP contribution in [0.5, 0.6) is 11.5 Å². The van der Waals surface area contributed by atoms with Gasteiger partial charge in [0.05, 0.1) is 20.4 Å². The molecule has 0 fully saturated rings. The minimum Gasteiger partial charge on any atom is -0.493 e. The molecule has 3 aromatic carbocycles. The van der Waals surface area contributed by atoms with Gasteiger partial charge in [0.1, 0.15) is 0 Å².